The fourth-order valence-corrected chi connectivity index (χ4v) is 1.99. The first-order valence-corrected chi connectivity index (χ1v) is 6.22. The van der Waals surface area contributed by atoms with Crippen LogP contribution in [0.25, 0.3) is 0 Å². The van der Waals surface area contributed by atoms with Crippen LogP contribution in [0.1, 0.15) is 5.56 Å². The van der Waals surface area contributed by atoms with Gasteiger partial charge in [0, 0.05) is 15.8 Å². The summed E-state index contributed by atoms with van der Waals surface area (Å²) in [5.41, 5.74) is 1.58. The molecule has 0 saturated carbocycles. The SMILES string of the molecule is O=CC(CNc1ccc(CO)c(I)c1)NC(=O)O. The van der Waals surface area contributed by atoms with Crippen LogP contribution in [0.2, 0.25) is 0 Å². The highest BCUT2D eigenvalue weighted by Gasteiger charge is 2.09. The number of aliphatic hydroxyl groups excluding tert-OH is 1. The van der Waals surface area contributed by atoms with E-state index in [1.54, 1.807) is 12.1 Å². The van der Waals surface area contributed by atoms with Gasteiger partial charge in [0.15, 0.2) is 0 Å². The topological polar surface area (TPSA) is 98.7 Å². The average molecular weight is 364 g/mol. The predicted molar refractivity (Wildman–Crippen MR) is 74.6 cm³/mol. The van der Waals surface area contributed by atoms with Gasteiger partial charge in [-0.25, -0.2) is 4.79 Å². The Morgan fingerprint density at radius 3 is 2.72 bits per heavy atom. The minimum absolute atomic E-state index is 0.0317. The van der Waals surface area contributed by atoms with E-state index in [4.69, 9.17) is 10.2 Å². The van der Waals surface area contributed by atoms with Gasteiger partial charge in [-0.1, -0.05) is 6.07 Å². The number of carbonyl (C=O) groups excluding carboxylic acids is 1. The third kappa shape index (κ3) is 4.49. The van der Waals surface area contributed by atoms with E-state index in [9.17, 15) is 9.59 Å². The summed E-state index contributed by atoms with van der Waals surface area (Å²) in [6.45, 7) is 0.139. The highest BCUT2D eigenvalue weighted by Crippen LogP contribution is 2.17. The number of halogens is 1. The zero-order chi connectivity index (χ0) is 13.5. The Hall–Kier alpha value is -1.35. The van der Waals surface area contributed by atoms with Gasteiger partial charge in [0.1, 0.15) is 12.3 Å². The molecule has 0 saturated heterocycles. The Kier molecular flexibility index (Phi) is 5.86. The third-order valence-corrected chi connectivity index (χ3v) is 3.23. The number of benzene rings is 1. The maximum Gasteiger partial charge on any atom is 0.405 e. The molecule has 0 aliphatic heterocycles. The number of amides is 1. The van der Waals surface area contributed by atoms with Crippen LogP contribution in [-0.4, -0.2) is 35.2 Å². The van der Waals surface area contributed by atoms with Crippen LogP contribution >= 0.6 is 22.6 Å². The van der Waals surface area contributed by atoms with Crippen molar-refractivity contribution in [2.45, 2.75) is 12.6 Å². The first-order valence-electron chi connectivity index (χ1n) is 5.14. The molecule has 1 aromatic rings. The number of carboxylic acid groups (broad SMARTS) is 1. The molecule has 0 bridgehead atoms. The second kappa shape index (κ2) is 7.17. The lowest BCUT2D eigenvalue weighted by molar-refractivity contribution is -0.109. The number of hydrogen-bond donors (Lipinski definition) is 4. The fraction of sp³-hybridized carbons (Fsp3) is 0.273. The monoisotopic (exact) mass is 364 g/mol. The van der Waals surface area contributed by atoms with E-state index < -0.39 is 12.1 Å². The van der Waals surface area contributed by atoms with Crippen molar-refractivity contribution >= 4 is 40.7 Å². The first kappa shape index (κ1) is 14.7. The fourth-order valence-electron chi connectivity index (χ4n) is 1.31. The number of rotatable bonds is 6. The van der Waals surface area contributed by atoms with Gasteiger partial charge >= 0.3 is 6.09 Å². The Morgan fingerprint density at radius 1 is 1.50 bits per heavy atom. The van der Waals surface area contributed by atoms with Crippen molar-refractivity contribution in [3.63, 3.8) is 0 Å². The van der Waals surface area contributed by atoms with E-state index in [2.05, 4.69) is 33.2 Å². The lowest BCUT2D eigenvalue weighted by Crippen LogP contribution is -2.40. The van der Waals surface area contributed by atoms with Gasteiger partial charge in [-0.2, -0.15) is 0 Å². The van der Waals surface area contributed by atoms with Crippen molar-refractivity contribution in [2.75, 3.05) is 11.9 Å². The lowest BCUT2D eigenvalue weighted by atomic mass is 10.2. The molecule has 1 amide bonds. The summed E-state index contributed by atoms with van der Waals surface area (Å²) in [5, 5.41) is 22.5. The zero-order valence-corrected chi connectivity index (χ0v) is 11.5. The Morgan fingerprint density at radius 2 is 2.22 bits per heavy atom. The molecule has 6 nitrogen and oxygen atoms in total. The van der Waals surface area contributed by atoms with E-state index in [1.807, 2.05) is 6.07 Å². The number of nitrogens with one attached hydrogen (secondary N) is 2. The van der Waals surface area contributed by atoms with Crippen molar-refractivity contribution in [3.05, 3.63) is 27.3 Å². The van der Waals surface area contributed by atoms with Crippen molar-refractivity contribution in [1.82, 2.24) is 5.32 Å². The summed E-state index contributed by atoms with van der Waals surface area (Å²) in [5.74, 6) is 0. The summed E-state index contributed by atoms with van der Waals surface area (Å²) in [4.78, 5) is 21.0. The highest BCUT2D eigenvalue weighted by molar-refractivity contribution is 14.1. The smallest absolute Gasteiger partial charge is 0.405 e. The van der Waals surface area contributed by atoms with E-state index in [0.717, 1.165) is 14.8 Å². The highest BCUT2D eigenvalue weighted by atomic mass is 127. The minimum atomic E-state index is -1.24. The molecule has 1 rings (SSSR count). The molecule has 1 atom stereocenters. The van der Waals surface area contributed by atoms with Crippen molar-refractivity contribution in [1.29, 1.82) is 0 Å². The van der Waals surface area contributed by atoms with Crippen molar-refractivity contribution in [3.8, 4) is 0 Å². The molecule has 0 spiro atoms. The number of hydrogen-bond acceptors (Lipinski definition) is 4. The summed E-state index contributed by atoms with van der Waals surface area (Å²) in [6.07, 6.45) is -0.701. The molecule has 18 heavy (non-hydrogen) atoms. The molecule has 0 fully saturated rings. The molecule has 1 unspecified atom stereocenters. The van der Waals surface area contributed by atoms with Crippen LogP contribution < -0.4 is 10.6 Å². The third-order valence-electron chi connectivity index (χ3n) is 2.22. The van der Waals surface area contributed by atoms with E-state index in [1.165, 1.54) is 0 Å². The van der Waals surface area contributed by atoms with Crippen molar-refractivity contribution < 1.29 is 19.8 Å². The molecule has 0 aromatic heterocycles. The van der Waals surface area contributed by atoms with Crippen LogP contribution in [-0.2, 0) is 11.4 Å². The number of aliphatic hydroxyl groups is 1. The summed E-state index contributed by atoms with van der Waals surface area (Å²) in [6, 6.07) is 4.55. The van der Waals surface area contributed by atoms with Crippen LogP contribution in [0.15, 0.2) is 18.2 Å². The molecule has 4 N–H and O–H groups in total. The Labute approximate surface area is 118 Å². The molecular weight excluding hydrogens is 351 g/mol. The first-order chi connectivity index (χ1) is 8.56. The van der Waals surface area contributed by atoms with Gasteiger partial charge in [-0.15, -0.1) is 0 Å². The second-order valence-corrected chi connectivity index (χ2v) is 4.70. The van der Waals surface area contributed by atoms with Crippen LogP contribution in [0, 0.1) is 3.57 Å². The summed E-state index contributed by atoms with van der Waals surface area (Å²) in [7, 11) is 0. The van der Waals surface area contributed by atoms with Crippen LogP contribution in [0.4, 0.5) is 10.5 Å². The Bertz CT molecular complexity index is 439. The molecule has 7 heteroatoms. The zero-order valence-electron chi connectivity index (χ0n) is 9.39. The molecular formula is C11H13IN2O4. The van der Waals surface area contributed by atoms with Gasteiger partial charge in [0.2, 0.25) is 0 Å². The molecule has 1 aromatic carbocycles. The summed E-state index contributed by atoms with van der Waals surface area (Å²) < 4.78 is 0.897. The van der Waals surface area contributed by atoms with Gasteiger partial charge in [0.05, 0.1) is 6.61 Å². The maximum absolute atomic E-state index is 10.6. The summed E-state index contributed by atoms with van der Waals surface area (Å²) >= 11 is 2.09. The molecule has 0 aliphatic rings. The van der Waals surface area contributed by atoms with E-state index in [0.29, 0.717) is 6.29 Å². The van der Waals surface area contributed by atoms with Gasteiger partial charge in [-0.05, 0) is 40.3 Å². The average Bonchev–Trinajstić information content (AvgIpc) is 2.34. The molecule has 0 aliphatic carbocycles. The van der Waals surface area contributed by atoms with Crippen molar-refractivity contribution in [2.24, 2.45) is 0 Å². The number of carbonyl (C=O) groups is 2. The van der Waals surface area contributed by atoms with E-state index >= 15 is 0 Å². The predicted octanol–water partition coefficient (Wildman–Crippen LogP) is 1.03. The number of anilines is 1. The Balaban J connectivity index is 2.59. The van der Waals surface area contributed by atoms with Gasteiger partial charge < -0.3 is 25.6 Å². The van der Waals surface area contributed by atoms with Gasteiger partial charge in [0.25, 0.3) is 0 Å². The van der Waals surface area contributed by atoms with E-state index in [-0.39, 0.29) is 13.2 Å². The second-order valence-electron chi connectivity index (χ2n) is 3.54. The standard InChI is InChI=1S/C11H13IN2O4/c12-10-3-8(2-1-7(10)5-15)13-4-9(6-16)14-11(17)18/h1-3,6,9,13-15H,4-5H2,(H,17,18). The quantitative estimate of drug-likeness (QED) is 0.447. The van der Waals surface area contributed by atoms with Crippen LogP contribution in [0.5, 0.6) is 0 Å². The molecule has 0 heterocycles. The minimum Gasteiger partial charge on any atom is -0.465 e. The van der Waals surface area contributed by atoms with Gasteiger partial charge in [-0.3, -0.25) is 0 Å². The molecule has 0 radical (unpaired) electrons. The largest absolute Gasteiger partial charge is 0.465 e. The normalized spacial score (nSPS) is 11.7. The maximum atomic E-state index is 10.6. The molecule has 98 valence electrons. The van der Waals surface area contributed by atoms with Crippen LogP contribution in [0.3, 0.4) is 0 Å². The number of aldehydes is 1. The lowest BCUT2D eigenvalue weighted by Gasteiger charge is -2.13.